The number of ether oxygens (including phenoxy) is 4. The Kier molecular flexibility index (Phi) is 16.9. The molecule has 0 unspecified atom stereocenters. The van der Waals surface area contributed by atoms with Crippen LogP contribution in [-0.2, 0) is 45.2 Å². The van der Waals surface area contributed by atoms with Crippen LogP contribution in [0.4, 0.5) is 11.5 Å². The first-order valence-electron chi connectivity index (χ1n) is 17.9. The van der Waals surface area contributed by atoms with E-state index in [9.17, 15) is 27.6 Å². The van der Waals surface area contributed by atoms with E-state index in [2.05, 4.69) is 36.0 Å². The van der Waals surface area contributed by atoms with Gasteiger partial charge < -0.3 is 51.7 Å². The van der Waals surface area contributed by atoms with Crippen molar-refractivity contribution in [1.82, 2.24) is 30.2 Å². The van der Waals surface area contributed by atoms with Crippen LogP contribution < -0.4 is 37.5 Å². The lowest BCUT2D eigenvalue weighted by Gasteiger charge is -2.22. The van der Waals surface area contributed by atoms with E-state index >= 15 is 0 Å². The number of sulfonamides is 1. The van der Waals surface area contributed by atoms with Crippen LogP contribution in [0.5, 0.6) is 5.75 Å². The van der Waals surface area contributed by atoms with Crippen LogP contribution >= 0.6 is 0 Å². The minimum atomic E-state index is -4.26. The maximum atomic E-state index is 13.8. The van der Waals surface area contributed by atoms with Crippen LogP contribution in [-0.4, -0.2) is 126 Å². The Morgan fingerprint density at radius 2 is 1.73 bits per heavy atom. The number of nitrogen functional groups attached to an aromatic ring is 1. The Bertz CT molecular complexity index is 1920. The summed E-state index contributed by atoms with van der Waals surface area (Å²) in [6, 6.07) is 10.3. The minimum absolute atomic E-state index is 0.0607. The highest BCUT2D eigenvalue weighted by molar-refractivity contribution is 7.89. The Balaban J connectivity index is 1.47. The smallest absolute Gasteiger partial charge is 0.322 e. The third-order valence-corrected chi connectivity index (χ3v) is 10.2. The molecule has 0 aliphatic carbocycles. The summed E-state index contributed by atoms with van der Waals surface area (Å²) in [4.78, 5) is 58.7. The lowest BCUT2D eigenvalue weighted by molar-refractivity contribution is -0.142. The molecule has 2 aliphatic heterocycles. The highest BCUT2D eigenvalue weighted by Gasteiger charge is 2.27. The highest BCUT2D eigenvalue weighted by Crippen LogP contribution is 2.30. The fourth-order valence-corrected chi connectivity index (χ4v) is 6.82. The maximum Gasteiger partial charge on any atom is 0.322 e. The minimum Gasteiger partial charge on any atom is -0.489 e. The second-order valence-electron chi connectivity index (χ2n) is 12.5. The Labute approximate surface area is 325 Å². The fourth-order valence-electron chi connectivity index (χ4n) is 5.44. The molecule has 20 heteroatoms. The van der Waals surface area contributed by atoms with E-state index in [1.165, 1.54) is 37.6 Å². The van der Waals surface area contributed by atoms with E-state index in [1.807, 2.05) is 6.07 Å². The number of hydrogen-bond acceptors (Lipinski definition) is 15. The van der Waals surface area contributed by atoms with Crippen LogP contribution in [0.2, 0.25) is 0 Å². The number of nitrogens with two attached hydrogens (primary N) is 2. The number of rotatable bonds is 12. The van der Waals surface area contributed by atoms with E-state index in [0.29, 0.717) is 42.8 Å². The number of fused-ring (bicyclic) bond motifs is 13. The van der Waals surface area contributed by atoms with Crippen molar-refractivity contribution in [2.45, 2.75) is 36.7 Å². The number of carbonyl (C=O) groups excluding carboxylic acids is 4. The van der Waals surface area contributed by atoms with Gasteiger partial charge in [0.2, 0.25) is 21.8 Å². The molecule has 0 fully saturated rings. The normalized spacial score (nSPS) is 15.8. The zero-order valence-electron chi connectivity index (χ0n) is 31.4. The average molecular weight is 800 g/mol. The molecule has 1 aromatic heterocycles. The zero-order valence-corrected chi connectivity index (χ0v) is 32.2. The number of methoxy groups -OCH3 is 1. The molecule has 4 bridgehead atoms. The van der Waals surface area contributed by atoms with Crippen molar-refractivity contribution in [3.8, 4) is 17.0 Å². The molecule has 56 heavy (non-hydrogen) atoms. The quantitative estimate of drug-likeness (QED) is 0.0801. The Morgan fingerprint density at radius 1 is 1.00 bits per heavy atom. The molecule has 304 valence electrons. The van der Waals surface area contributed by atoms with Gasteiger partial charge >= 0.3 is 5.97 Å². The molecular weight excluding hydrogens is 751 g/mol. The molecule has 8 N–H and O–H groups in total. The number of amides is 3. The Morgan fingerprint density at radius 3 is 2.46 bits per heavy atom. The Hall–Kier alpha value is -5.25. The van der Waals surface area contributed by atoms with Crippen LogP contribution in [0.15, 0.2) is 53.6 Å². The largest absolute Gasteiger partial charge is 0.489 e. The van der Waals surface area contributed by atoms with E-state index in [0.717, 1.165) is 9.87 Å². The van der Waals surface area contributed by atoms with Gasteiger partial charge in [-0.15, -0.1) is 0 Å². The number of nitrogens with zero attached hydrogens (tertiary/aromatic N) is 3. The summed E-state index contributed by atoms with van der Waals surface area (Å²) in [5, 5.41) is 11.0. The SMILES string of the molecule is CNCc1cccc2c1OCCOCCOCCN(CC(=O)NCC(=O)NCCCC[C@@H](N)C(=O)OC)S(=O)(=O)c1ccc(cc1)-c1cnc(N)c(n1)C(=O)N2. The molecule has 5 rings (SSSR count). The van der Waals surface area contributed by atoms with Crippen molar-refractivity contribution >= 4 is 45.2 Å². The summed E-state index contributed by atoms with van der Waals surface area (Å²) in [5.74, 6) is -2.01. The van der Waals surface area contributed by atoms with Gasteiger partial charge in [-0.2, -0.15) is 4.31 Å². The van der Waals surface area contributed by atoms with Crippen molar-refractivity contribution in [2.24, 2.45) is 5.73 Å². The molecule has 0 saturated heterocycles. The molecule has 1 atom stereocenters. The van der Waals surface area contributed by atoms with E-state index in [-0.39, 0.29) is 74.8 Å². The van der Waals surface area contributed by atoms with E-state index < -0.39 is 46.3 Å². The predicted octanol–water partition coefficient (Wildman–Crippen LogP) is 0.0168. The van der Waals surface area contributed by atoms with Crippen LogP contribution in [0.25, 0.3) is 11.3 Å². The van der Waals surface area contributed by atoms with E-state index in [4.69, 9.17) is 25.7 Å². The maximum absolute atomic E-state index is 13.8. The highest BCUT2D eigenvalue weighted by atomic mass is 32.2. The first-order valence-corrected chi connectivity index (χ1v) is 19.3. The van der Waals surface area contributed by atoms with Crippen LogP contribution in [0.1, 0.15) is 35.3 Å². The number of aromatic nitrogens is 2. The summed E-state index contributed by atoms with van der Waals surface area (Å²) < 4.78 is 50.6. The van der Waals surface area contributed by atoms with Gasteiger partial charge in [-0.3, -0.25) is 19.2 Å². The number of carbonyl (C=O) groups is 4. The standard InChI is InChI=1S/C36H49N9O10S/c1-39-20-25-6-5-8-28-33(25)55-19-18-54-17-16-53-15-14-45(23-31(47)41-22-30(46)40-13-4-3-7-27(37)36(49)52-2)56(50,51)26-11-9-24(10-12-26)29-21-42-34(38)32(43-29)35(48)44-28/h5-6,8-12,21,27,39H,3-4,7,13-20,22-23,37H2,1-2H3,(H2,38,42)(H,40,46)(H,41,47)(H,44,48)/t27-/m1/s1. The molecule has 3 amide bonds. The molecular formula is C36H49N9O10S. The molecule has 0 saturated carbocycles. The number of benzene rings is 2. The first kappa shape index (κ1) is 43.5. The number of nitrogens with one attached hydrogen (secondary N) is 4. The molecule has 19 nitrogen and oxygen atoms in total. The van der Waals surface area contributed by atoms with Crippen molar-refractivity contribution in [3.63, 3.8) is 0 Å². The second-order valence-corrected chi connectivity index (χ2v) is 14.4. The third kappa shape index (κ3) is 12.6. The van der Waals surface area contributed by atoms with Gasteiger partial charge in [0.15, 0.2) is 11.5 Å². The summed E-state index contributed by atoms with van der Waals surface area (Å²) in [5.41, 5.74) is 13.5. The molecule has 2 aliphatic rings. The second kappa shape index (κ2) is 21.7. The molecule has 3 aromatic rings. The topological polar surface area (TPSA) is 269 Å². The number of para-hydroxylation sites is 1. The molecule has 0 spiro atoms. The van der Waals surface area contributed by atoms with Gasteiger partial charge in [0, 0.05) is 30.8 Å². The van der Waals surface area contributed by atoms with Crippen molar-refractivity contribution in [1.29, 1.82) is 0 Å². The fraction of sp³-hybridized carbons (Fsp3) is 0.444. The molecule has 0 radical (unpaired) electrons. The van der Waals surface area contributed by atoms with Gasteiger partial charge in [-0.1, -0.05) is 24.3 Å². The number of unbranched alkanes of at least 4 members (excludes halogenated alkanes) is 1. The van der Waals surface area contributed by atoms with Crippen LogP contribution in [0, 0.1) is 0 Å². The number of hydrogen-bond donors (Lipinski definition) is 6. The van der Waals surface area contributed by atoms with Crippen LogP contribution in [0.3, 0.4) is 0 Å². The molecule has 2 aromatic carbocycles. The van der Waals surface area contributed by atoms with Crippen molar-refractivity contribution in [2.75, 3.05) is 84.4 Å². The predicted molar refractivity (Wildman–Crippen MR) is 205 cm³/mol. The van der Waals surface area contributed by atoms with Gasteiger partial charge in [0.1, 0.15) is 18.4 Å². The van der Waals surface area contributed by atoms with E-state index in [1.54, 1.807) is 19.2 Å². The zero-order chi connectivity index (χ0) is 40.5. The van der Waals surface area contributed by atoms with Gasteiger partial charge in [0.25, 0.3) is 5.91 Å². The summed E-state index contributed by atoms with van der Waals surface area (Å²) in [7, 11) is -1.21. The van der Waals surface area contributed by atoms with Gasteiger partial charge in [0.05, 0.1) is 69.1 Å². The number of anilines is 2. The first-order chi connectivity index (χ1) is 26.9. The van der Waals surface area contributed by atoms with Gasteiger partial charge in [-0.25, -0.2) is 18.4 Å². The lowest BCUT2D eigenvalue weighted by atomic mass is 10.1. The van der Waals surface area contributed by atoms with Crippen molar-refractivity contribution in [3.05, 3.63) is 59.9 Å². The van der Waals surface area contributed by atoms with Gasteiger partial charge in [-0.05, 0) is 44.5 Å². The van der Waals surface area contributed by atoms with Crippen molar-refractivity contribution < 1.29 is 46.5 Å². The molecule has 3 heterocycles. The average Bonchev–Trinajstić information content (AvgIpc) is 3.19. The summed E-state index contributed by atoms with van der Waals surface area (Å²) >= 11 is 0. The number of esters is 1. The summed E-state index contributed by atoms with van der Waals surface area (Å²) in [6.07, 6.45) is 2.86. The summed E-state index contributed by atoms with van der Waals surface area (Å²) in [6.45, 7) is 0.133. The lowest BCUT2D eigenvalue weighted by Crippen LogP contribution is -2.45. The third-order valence-electron chi connectivity index (χ3n) is 8.38. The monoisotopic (exact) mass is 799 g/mol.